The maximum Gasteiger partial charge on any atom is 0.294 e. The van der Waals surface area contributed by atoms with Gasteiger partial charge in [-0.25, -0.2) is 0 Å². The van der Waals surface area contributed by atoms with Gasteiger partial charge < -0.3 is 9.88 Å². The fourth-order valence-electron chi connectivity index (χ4n) is 5.00. The van der Waals surface area contributed by atoms with Crippen molar-refractivity contribution < 1.29 is 14.4 Å². The Hall–Kier alpha value is -4.62. The number of para-hydroxylation sites is 1. The lowest BCUT2D eigenvalue weighted by molar-refractivity contribution is -0.127. The Morgan fingerprint density at radius 2 is 1.60 bits per heavy atom. The number of anilines is 1. The van der Waals surface area contributed by atoms with Gasteiger partial charge in [-0.3, -0.25) is 19.3 Å². The van der Waals surface area contributed by atoms with E-state index in [1.807, 2.05) is 60.8 Å². The van der Waals surface area contributed by atoms with Crippen LogP contribution in [0.3, 0.4) is 0 Å². The average molecular weight is 546 g/mol. The van der Waals surface area contributed by atoms with Gasteiger partial charge in [-0.1, -0.05) is 73.7 Å². The van der Waals surface area contributed by atoms with Crippen LogP contribution < -0.4 is 5.32 Å². The fraction of sp³-hybridized carbons (Fsp3) is 0.121. The lowest BCUT2D eigenvalue weighted by atomic mass is 10.1. The molecule has 5 aromatic rings. The number of nitrogens with zero attached hydrogens (tertiary/aromatic N) is 2. The van der Waals surface area contributed by atoms with Gasteiger partial charge in [0.25, 0.3) is 11.1 Å². The van der Waals surface area contributed by atoms with Gasteiger partial charge in [0.1, 0.15) is 6.54 Å². The number of amides is 3. The zero-order chi connectivity index (χ0) is 27.6. The Bertz CT molecular complexity index is 1800. The molecule has 0 radical (unpaired) electrons. The number of nitrogens with one attached hydrogen (secondary N) is 1. The van der Waals surface area contributed by atoms with Crippen molar-refractivity contribution in [3.63, 3.8) is 0 Å². The number of fused-ring (bicyclic) bond motifs is 2. The molecule has 0 atom stereocenters. The summed E-state index contributed by atoms with van der Waals surface area (Å²) < 4.78 is 2.16. The predicted octanol–water partition coefficient (Wildman–Crippen LogP) is 7.08. The summed E-state index contributed by atoms with van der Waals surface area (Å²) in [6.45, 7) is 2.39. The summed E-state index contributed by atoms with van der Waals surface area (Å²) in [6, 6.07) is 30.3. The summed E-state index contributed by atoms with van der Waals surface area (Å²) in [7, 11) is 0. The first-order chi connectivity index (χ1) is 19.5. The van der Waals surface area contributed by atoms with Gasteiger partial charge in [0.2, 0.25) is 5.91 Å². The van der Waals surface area contributed by atoms with E-state index in [9.17, 15) is 14.4 Å². The van der Waals surface area contributed by atoms with E-state index in [4.69, 9.17) is 0 Å². The van der Waals surface area contributed by atoms with Crippen LogP contribution in [-0.2, 0) is 22.6 Å². The number of thioether (sulfide) groups is 1. The molecule has 1 N–H and O–H groups in total. The Balaban J connectivity index is 1.22. The third-order valence-electron chi connectivity index (χ3n) is 7.09. The maximum absolute atomic E-state index is 13.2. The zero-order valence-electron chi connectivity index (χ0n) is 22.0. The molecule has 1 aliphatic rings. The molecular formula is C33H27N3O3S. The first-order valence-corrected chi connectivity index (χ1v) is 14.0. The maximum atomic E-state index is 13.2. The van der Waals surface area contributed by atoms with Crippen LogP contribution in [0.2, 0.25) is 0 Å². The van der Waals surface area contributed by atoms with Crippen molar-refractivity contribution >= 4 is 62.3 Å². The Labute approximate surface area is 236 Å². The summed E-state index contributed by atoms with van der Waals surface area (Å²) in [5.74, 6) is -0.877. The van der Waals surface area contributed by atoms with E-state index in [2.05, 4.69) is 53.2 Å². The van der Waals surface area contributed by atoms with Crippen LogP contribution in [-0.4, -0.2) is 33.1 Å². The first-order valence-electron chi connectivity index (χ1n) is 13.2. The molecule has 198 valence electrons. The van der Waals surface area contributed by atoms with Crippen LogP contribution in [0.5, 0.6) is 0 Å². The van der Waals surface area contributed by atoms with Crippen LogP contribution in [0.25, 0.3) is 27.8 Å². The van der Waals surface area contributed by atoms with Crippen molar-refractivity contribution in [3.8, 4) is 0 Å². The van der Waals surface area contributed by atoms with Crippen LogP contribution in [0, 0.1) is 0 Å². The normalized spacial score (nSPS) is 14.5. The highest BCUT2D eigenvalue weighted by Gasteiger charge is 2.36. The summed E-state index contributed by atoms with van der Waals surface area (Å²) >= 11 is 0.862. The van der Waals surface area contributed by atoms with Crippen molar-refractivity contribution in [2.75, 3.05) is 11.9 Å². The summed E-state index contributed by atoms with van der Waals surface area (Å²) in [4.78, 5) is 39.8. The number of aryl methyl sites for hydroxylation is 1. The molecule has 0 bridgehead atoms. The van der Waals surface area contributed by atoms with E-state index in [0.29, 0.717) is 17.1 Å². The van der Waals surface area contributed by atoms with E-state index in [1.165, 1.54) is 16.3 Å². The van der Waals surface area contributed by atoms with Gasteiger partial charge in [-0.2, -0.15) is 0 Å². The second-order valence-electron chi connectivity index (χ2n) is 9.78. The number of rotatable bonds is 7. The van der Waals surface area contributed by atoms with E-state index in [1.54, 1.807) is 6.08 Å². The lowest BCUT2D eigenvalue weighted by Gasteiger charge is -2.12. The minimum Gasteiger partial charge on any atom is -0.342 e. The van der Waals surface area contributed by atoms with Crippen LogP contribution in [0.4, 0.5) is 10.5 Å². The SMILES string of the molecule is CCc1ccc(NC(=O)CN2C(=O)S/C(=C\c3cn(Cc4ccc5ccccc5c4)c4ccccc34)C2=O)cc1. The molecule has 3 amide bonds. The smallest absolute Gasteiger partial charge is 0.294 e. The number of hydrogen-bond acceptors (Lipinski definition) is 4. The van der Waals surface area contributed by atoms with Crippen LogP contribution in [0.15, 0.2) is 102 Å². The predicted molar refractivity (Wildman–Crippen MR) is 162 cm³/mol. The Kier molecular flexibility index (Phi) is 6.97. The minimum atomic E-state index is -0.460. The van der Waals surface area contributed by atoms with Crippen molar-refractivity contribution in [2.24, 2.45) is 0 Å². The molecule has 40 heavy (non-hydrogen) atoms. The topological polar surface area (TPSA) is 71.4 Å². The number of aromatic nitrogens is 1. The molecule has 4 aromatic carbocycles. The molecule has 0 saturated carbocycles. The Morgan fingerprint density at radius 3 is 2.40 bits per heavy atom. The molecule has 6 rings (SSSR count). The lowest BCUT2D eigenvalue weighted by Crippen LogP contribution is -2.36. The molecule has 1 saturated heterocycles. The molecule has 1 fully saturated rings. The highest BCUT2D eigenvalue weighted by atomic mass is 32.2. The number of carbonyl (C=O) groups is 3. The van der Waals surface area contributed by atoms with E-state index < -0.39 is 17.1 Å². The van der Waals surface area contributed by atoms with E-state index in [-0.39, 0.29) is 6.54 Å². The van der Waals surface area contributed by atoms with Gasteiger partial charge in [0.05, 0.1) is 4.91 Å². The summed E-state index contributed by atoms with van der Waals surface area (Å²) in [5, 5.41) is 5.69. The quantitative estimate of drug-likeness (QED) is 0.222. The molecule has 7 heteroatoms. The van der Waals surface area contributed by atoms with Crippen molar-refractivity contribution in [3.05, 3.63) is 119 Å². The van der Waals surface area contributed by atoms with Crippen LogP contribution in [0.1, 0.15) is 23.6 Å². The Morgan fingerprint density at radius 1 is 0.875 bits per heavy atom. The number of carbonyl (C=O) groups excluding carboxylic acids is 3. The van der Waals surface area contributed by atoms with Gasteiger partial charge in [-0.05, 0) is 70.4 Å². The van der Waals surface area contributed by atoms with Gasteiger partial charge in [0.15, 0.2) is 0 Å². The number of benzene rings is 4. The van der Waals surface area contributed by atoms with Gasteiger partial charge >= 0.3 is 0 Å². The molecule has 0 unspecified atom stereocenters. The molecular weight excluding hydrogens is 518 g/mol. The van der Waals surface area contributed by atoms with Gasteiger partial charge in [0, 0.05) is 34.9 Å². The van der Waals surface area contributed by atoms with Crippen molar-refractivity contribution in [2.45, 2.75) is 19.9 Å². The second-order valence-corrected chi connectivity index (χ2v) is 10.8. The second kappa shape index (κ2) is 10.9. The van der Waals surface area contributed by atoms with E-state index >= 15 is 0 Å². The largest absolute Gasteiger partial charge is 0.342 e. The third-order valence-corrected chi connectivity index (χ3v) is 8.00. The molecule has 6 nitrogen and oxygen atoms in total. The molecule has 1 aromatic heterocycles. The highest BCUT2D eigenvalue weighted by Crippen LogP contribution is 2.34. The summed E-state index contributed by atoms with van der Waals surface area (Å²) in [6.07, 6.45) is 4.67. The highest BCUT2D eigenvalue weighted by molar-refractivity contribution is 8.18. The standard InChI is InChI=1S/C33H27N3O3S/c1-2-22-12-15-27(16-13-22)34-31(37)21-36-32(38)30(40-33(36)39)18-26-20-35(29-10-6-5-9-28(26)29)19-23-11-14-24-7-3-4-8-25(24)17-23/h3-18,20H,2,19,21H2,1H3,(H,34,37)/b30-18-. The minimum absolute atomic E-state index is 0.304. The molecule has 2 heterocycles. The first kappa shape index (κ1) is 25.6. The van der Waals surface area contributed by atoms with Crippen LogP contribution >= 0.6 is 11.8 Å². The molecule has 0 aliphatic carbocycles. The fourth-order valence-corrected chi connectivity index (χ4v) is 5.83. The molecule has 0 spiro atoms. The summed E-state index contributed by atoms with van der Waals surface area (Å²) in [5.41, 5.74) is 4.84. The number of imide groups is 1. The molecule has 1 aliphatic heterocycles. The van der Waals surface area contributed by atoms with Gasteiger partial charge in [-0.15, -0.1) is 0 Å². The monoisotopic (exact) mass is 545 g/mol. The van der Waals surface area contributed by atoms with Crippen molar-refractivity contribution in [1.82, 2.24) is 9.47 Å². The van der Waals surface area contributed by atoms with Crippen molar-refractivity contribution in [1.29, 1.82) is 0 Å². The zero-order valence-corrected chi connectivity index (χ0v) is 22.8. The third kappa shape index (κ3) is 5.16. The average Bonchev–Trinajstić information content (AvgIpc) is 3.44. The number of hydrogen-bond donors (Lipinski definition) is 1. The van der Waals surface area contributed by atoms with E-state index in [0.717, 1.165) is 45.1 Å².